The van der Waals surface area contributed by atoms with E-state index in [1.165, 1.54) is 0 Å². The molecule has 1 aromatic rings. The fourth-order valence-electron chi connectivity index (χ4n) is 1.96. The van der Waals surface area contributed by atoms with Gasteiger partial charge in [0, 0.05) is 30.6 Å². The van der Waals surface area contributed by atoms with Crippen LogP contribution in [0.15, 0.2) is 4.79 Å². The minimum atomic E-state index is -0.0575. The van der Waals surface area contributed by atoms with Crippen LogP contribution in [0.3, 0.4) is 0 Å². The summed E-state index contributed by atoms with van der Waals surface area (Å²) < 4.78 is 0. The first kappa shape index (κ1) is 16.2. The fourth-order valence-corrected chi connectivity index (χ4v) is 2.76. The van der Waals surface area contributed by atoms with Crippen molar-refractivity contribution in [3.63, 3.8) is 0 Å². The van der Waals surface area contributed by atoms with Gasteiger partial charge in [0.15, 0.2) is 0 Å². The zero-order chi connectivity index (χ0) is 14.3. The topological polar surface area (TPSA) is 78.0 Å². The molecule has 6 heteroatoms. The highest BCUT2D eigenvalue weighted by Gasteiger charge is 2.13. The molecule has 0 aliphatic heterocycles. The summed E-state index contributed by atoms with van der Waals surface area (Å²) in [5.74, 6) is 2.59. The van der Waals surface area contributed by atoms with Gasteiger partial charge < -0.3 is 15.4 Å². The van der Waals surface area contributed by atoms with Crippen molar-refractivity contribution >= 4 is 11.8 Å². The Morgan fingerprint density at radius 3 is 2.79 bits per heavy atom. The lowest BCUT2D eigenvalue weighted by molar-refractivity contribution is 0.296. The number of aliphatic hydroxyl groups is 1. The van der Waals surface area contributed by atoms with Crippen molar-refractivity contribution in [2.24, 2.45) is 0 Å². The van der Waals surface area contributed by atoms with Gasteiger partial charge in [-0.15, -0.1) is 0 Å². The summed E-state index contributed by atoms with van der Waals surface area (Å²) in [6.45, 7) is 6.72. The van der Waals surface area contributed by atoms with E-state index in [0.717, 1.165) is 30.2 Å². The first-order valence-electron chi connectivity index (χ1n) is 6.55. The lowest BCUT2D eigenvalue weighted by atomic mass is 10.1. The Hall–Kier alpha value is -0.850. The number of aromatic amines is 1. The predicted molar refractivity (Wildman–Crippen MR) is 79.8 cm³/mol. The summed E-state index contributed by atoms with van der Waals surface area (Å²) in [5, 5.41) is 12.0. The van der Waals surface area contributed by atoms with E-state index in [2.05, 4.69) is 15.3 Å². The second-order valence-corrected chi connectivity index (χ2v) is 5.74. The minimum Gasteiger partial charge on any atom is -0.396 e. The van der Waals surface area contributed by atoms with E-state index in [1.807, 2.05) is 13.8 Å². The standard InChI is InChI=1S/C13H23N3O2S/c1-9(14-5-8-19-7-4-6-17)12-10(2)15-11(3)16-13(12)18/h9,14,17H,4-8H2,1-3H3,(H,15,16,18). The Morgan fingerprint density at radius 1 is 1.42 bits per heavy atom. The average Bonchev–Trinajstić information content (AvgIpc) is 2.32. The molecule has 0 bridgehead atoms. The van der Waals surface area contributed by atoms with Crippen LogP contribution in [0.1, 0.15) is 36.5 Å². The van der Waals surface area contributed by atoms with Crippen LogP contribution in [0, 0.1) is 13.8 Å². The van der Waals surface area contributed by atoms with E-state index < -0.39 is 0 Å². The van der Waals surface area contributed by atoms with Crippen LogP contribution in [-0.4, -0.2) is 39.7 Å². The second kappa shape index (κ2) is 8.35. The van der Waals surface area contributed by atoms with E-state index >= 15 is 0 Å². The van der Waals surface area contributed by atoms with Crippen LogP contribution in [0.2, 0.25) is 0 Å². The molecule has 5 nitrogen and oxygen atoms in total. The van der Waals surface area contributed by atoms with Gasteiger partial charge in [0.2, 0.25) is 0 Å². The van der Waals surface area contributed by atoms with Gasteiger partial charge in [-0.1, -0.05) is 0 Å². The molecular weight excluding hydrogens is 262 g/mol. The number of hydrogen-bond acceptors (Lipinski definition) is 5. The lowest BCUT2D eigenvalue weighted by Crippen LogP contribution is -2.29. The van der Waals surface area contributed by atoms with Crippen LogP contribution < -0.4 is 10.9 Å². The van der Waals surface area contributed by atoms with E-state index in [1.54, 1.807) is 18.7 Å². The van der Waals surface area contributed by atoms with E-state index in [4.69, 9.17) is 5.11 Å². The first-order valence-corrected chi connectivity index (χ1v) is 7.71. The van der Waals surface area contributed by atoms with E-state index in [9.17, 15) is 4.79 Å². The highest BCUT2D eigenvalue weighted by molar-refractivity contribution is 7.99. The third-order valence-electron chi connectivity index (χ3n) is 2.84. The van der Waals surface area contributed by atoms with Crippen molar-refractivity contribution in [1.82, 2.24) is 15.3 Å². The van der Waals surface area contributed by atoms with Crippen molar-refractivity contribution in [2.45, 2.75) is 33.2 Å². The monoisotopic (exact) mass is 285 g/mol. The number of aryl methyl sites for hydroxylation is 2. The molecule has 1 rings (SSSR count). The molecule has 108 valence electrons. The number of thioether (sulfide) groups is 1. The maximum Gasteiger partial charge on any atom is 0.255 e. The molecule has 0 spiro atoms. The number of nitrogens with zero attached hydrogens (tertiary/aromatic N) is 1. The molecule has 3 N–H and O–H groups in total. The van der Waals surface area contributed by atoms with Gasteiger partial charge >= 0.3 is 0 Å². The number of nitrogens with one attached hydrogen (secondary N) is 2. The smallest absolute Gasteiger partial charge is 0.255 e. The van der Waals surface area contributed by atoms with Gasteiger partial charge in [-0.05, 0) is 32.9 Å². The third kappa shape index (κ3) is 5.34. The Bertz CT molecular complexity index is 448. The summed E-state index contributed by atoms with van der Waals surface area (Å²) >= 11 is 1.80. The van der Waals surface area contributed by atoms with Gasteiger partial charge in [-0.3, -0.25) is 4.79 Å². The van der Waals surface area contributed by atoms with Crippen LogP contribution in [0.5, 0.6) is 0 Å². The summed E-state index contributed by atoms with van der Waals surface area (Å²) in [6.07, 6.45) is 0.834. The van der Waals surface area contributed by atoms with Crippen molar-refractivity contribution in [3.05, 3.63) is 27.4 Å². The quantitative estimate of drug-likeness (QED) is 0.625. The highest BCUT2D eigenvalue weighted by Crippen LogP contribution is 2.11. The minimum absolute atomic E-state index is 0.00436. The summed E-state index contributed by atoms with van der Waals surface area (Å²) in [7, 11) is 0. The van der Waals surface area contributed by atoms with Gasteiger partial charge in [-0.25, -0.2) is 4.98 Å². The largest absolute Gasteiger partial charge is 0.396 e. The Balaban J connectivity index is 2.46. The molecule has 0 radical (unpaired) electrons. The van der Waals surface area contributed by atoms with Gasteiger partial charge in [-0.2, -0.15) is 11.8 Å². The second-order valence-electron chi connectivity index (χ2n) is 4.52. The molecule has 0 saturated heterocycles. The number of hydrogen-bond donors (Lipinski definition) is 3. The fraction of sp³-hybridized carbons (Fsp3) is 0.692. The highest BCUT2D eigenvalue weighted by atomic mass is 32.2. The molecule has 1 aromatic heterocycles. The van der Waals surface area contributed by atoms with E-state index in [-0.39, 0.29) is 18.2 Å². The number of aliphatic hydroxyl groups excluding tert-OH is 1. The van der Waals surface area contributed by atoms with Gasteiger partial charge in [0.25, 0.3) is 5.56 Å². The number of H-pyrrole nitrogens is 1. The lowest BCUT2D eigenvalue weighted by Gasteiger charge is -2.15. The van der Waals surface area contributed by atoms with E-state index in [0.29, 0.717) is 11.4 Å². The molecule has 0 amide bonds. The molecule has 0 saturated carbocycles. The zero-order valence-electron chi connectivity index (χ0n) is 11.8. The van der Waals surface area contributed by atoms with Crippen molar-refractivity contribution in [3.8, 4) is 0 Å². The van der Waals surface area contributed by atoms with Gasteiger partial charge in [0.1, 0.15) is 5.82 Å². The Morgan fingerprint density at radius 2 is 2.16 bits per heavy atom. The average molecular weight is 285 g/mol. The Labute approximate surface area is 118 Å². The summed E-state index contributed by atoms with van der Waals surface area (Å²) in [6, 6.07) is -0.00436. The van der Waals surface area contributed by atoms with Crippen LogP contribution >= 0.6 is 11.8 Å². The van der Waals surface area contributed by atoms with Crippen LogP contribution in [0.4, 0.5) is 0 Å². The molecule has 0 fully saturated rings. The van der Waals surface area contributed by atoms with Crippen molar-refractivity contribution in [1.29, 1.82) is 0 Å². The molecule has 1 unspecified atom stereocenters. The van der Waals surface area contributed by atoms with Crippen LogP contribution in [0.25, 0.3) is 0 Å². The first-order chi connectivity index (χ1) is 9.06. The maximum absolute atomic E-state index is 11.9. The zero-order valence-corrected chi connectivity index (χ0v) is 12.6. The van der Waals surface area contributed by atoms with Crippen molar-refractivity contribution < 1.29 is 5.11 Å². The van der Waals surface area contributed by atoms with Crippen LogP contribution in [-0.2, 0) is 0 Å². The molecule has 19 heavy (non-hydrogen) atoms. The predicted octanol–water partition coefficient (Wildman–Crippen LogP) is 1.15. The molecule has 0 aliphatic rings. The normalized spacial score (nSPS) is 12.6. The molecule has 1 atom stereocenters. The number of aromatic nitrogens is 2. The third-order valence-corrected chi connectivity index (χ3v) is 3.91. The summed E-state index contributed by atoms with van der Waals surface area (Å²) in [5.41, 5.74) is 1.44. The molecule has 1 heterocycles. The van der Waals surface area contributed by atoms with Crippen molar-refractivity contribution in [2.75, 3.05) is 24.7 Å². The Kier molecular flexibility index (Phi) is 7.12. The molecule has 0 aliphatic carbocycles. The SMILES string of the molecule is Cc1nc(C)c(C(C)NCCSCCCO)c(=O)[nH]1. The molecule has 0 aromatic carbocycles. The van der Waals surface area contributed by atoms with Gasteiger partial charge in [0.05, 0.1) is 5.56 Å². The molecular formula is C13H23N3O2S. The summed E-state index contributed by atoms with van der Waals surface area (Å²) in [4.78, 5) is 18.9. The maximum atomic E-state index is 11.9. The number of rotatable bonds is 8.